The number of esters is 1. The summed E-state index contributed by atoms with van der Waals surface area (Å²) < 4.78 is 5.38. The number of allylic oxidation sites excluding steroid dienone is 2. The van der Waals surface area contributed by atoms with Crippen LogP contribution < -0.4 is 0 Å². The summed E-state index contributed by atoms with van der Waals surface area (Å²) in [7, 11) is 0. The molecule has 1 fully saturated rings. The van der Waals surface area contributed by atoms with Gasteiger partial charge in [0.2, 0.25) is 0 Å². The van der Waals surface area contributed by atoms with Crippen LogP contribution in [0.5, 0.6) is 0 Å². The second-order valence-electron chi connectivity index (χ2n) is 9.02. The lowest BCUT2D eigenvalue weighted by Gasteiger charge is -2.57. The van der Waals surface area contributed by atoms with E-state index in [1.165, 1.54) is 37.3 Å². The fourth-order valence-electron chi connectivity index (χ4n) is 5.50. The van der Waals surface area contributed by atoms with Crippen molar-refractivity contribution in [2.75, 3.05) is 13.2 Å². The quantitative estimate of drug-likeness (QED) is 0.540. The van der Waals surface area contributed by atoms with E-state index in [-0.39, 0.29) is 18.0 Å². The van der Waals surface area contributed by atoms with Crippen molar-refractivity contribution in [2.45, 2.75) is 73.1 Å². The molecule has 0 spiro atoms. The molecular weight excluding hydrogens is 312 g/mol. The summed E-state index contributed by atoms with van der Waals surface area (Å²) in [4.78, 5) is 11.3. The Labute approximate surface area is 153 Å². The van der Waals surface area contributed by atoms with Gasteiger partial charge in [0.05, 0.1) is 6.61 Å². The molecule has 0 saturated heterocycles. The predicted molar refractivity (Wildman–Crippen MR) is 102 cm³/mol. The van der Waals surface area contributed by atoms with E-state index in [0.29, 0.717) is 23.9 Å². The number of hydrogen-bond donors (Lipinski definition) is 1. The molecule has 1 saturated carbocycles. The first-order chi connectivity index (χ1) is 11.7. The third-order valence-corrected chi connectivity index (χ3v) is 6.84. The van der Waals surface area contributed by atoms with Crippen molar-refractivity contribution in [2.24, 2.45) is 22.7 Å². The first kappa shape index (κ1) is 20.2. The van der Waals surface area contributed by atoms with Gasteiger partial charge >= 0.3 is 5.97 Å². The third kappa shape index (κ3) is 4.55. The molecule has 0 aliphatic heterocycles. The largest absolute Gasteiger partial charge is 0.461 e. The molecule has 0 heterocycles. The first-order valence-corrected chi connectivity index (χ1v) is 9.79. The molecule has 0 aromatic heterocycles. The van der Waals surface area contributed by atoms with Gasteiger partial charge in [-0.1, -0.05) is 44.9 Å². The van der Waals surface area contributed by atoms with Gasteiger partial charge < -0.3 is 9.84 Å². The van der Waals surface area contributed by atoms with Crippen LogP contribution in [0.3, 0.4) is 0 Å². The molecule has 2 aliphatic rings. The normalized spacial score (nSPS) is 31.9. The number of carbonyl (C=O) groups excluding carboxylic acids is 1. The number of hydrogen-bond acceptors (Lipinski definition) is 3. The van der Waals surface area contributed by atoms with E-state index in [0.717, 1.165) is 19.3 Å². The highest BCUT2D eigenvalue weighted by atomic mass is 16.5. The van der Waals surface area contributed by atoms with Crippen molar-refractivity contribution < 1.29 is 14.6 Å². The summed E-state index contributed by atoms with van der Waals surface area (Å²) in [6.45, 7) is 11.4. The Morgan fingerprint density at radius 2 is 2.04 bits per heavy atom. The van der Waals surface area contributed by atoms with Crippen molar-refractivity contribution in [3.8, 4) is 0 Å². The van der Waals surface area contributed by atoms with Crippen LogP contribution in [0.15, 0.2) is 23.3 Å². The van der Waals surface area contributed by atoms with Gasteiger partial charge in [0.1, 0.15) is 6.61 Å². The van der Waals surface area contributed by atoms with Crippen LogP contribution in [-0.4, -0.2) is 24.3 Å². The van der Waals surface area contributed by atoms with Crippen LogP contribution in [-0.2, 0) is 9.53 Å². The predicted octanol–water partition coefficient (Wildman–Crippen LogP) is 5.05. The van der Waals surface area contributed by atoms with E-state index in [1.54, 1.807) is 0 Å². The molecule has 2 rings (SSSR count). The zero-order valence-corrected chi connectivity index (χ0v) is 16.7. The average molecular weight is 349 g/mol. The standard InChI is InChI=1S/C22H36O3/c1-16(11-14-23)7-9-19-18(15-25-17(2)24)8-10-20-21(3,4)12-6-13-22(19,20)5/h8,11,19-20,23H,6-7,9-10,12-15H2,1-5H3/b16-11+/t19-,20-,22+/m0/s1. The van der Waals surface area contributed by atoms with E-state index in [4.69, 9.17) is 9.84 Å². The van der Waals surface area contributed by atoms with Crippen LogP contribution in [0.2, 0.25) is 0 Å². The van der Waals surface area contributed by atoms with E-state index < -0.39 is 0 Å². The molecule has 2 aliphatic carbocycles. The molecule has 3 atom stereocenters. The lowest BCUT2D eigenvalue weighted by atomic mass is 9.48. The molecule has 0 unspecified atom stereocenters. The van der Waals surface area contributed by atoms with Gasteiger partial charge in [-0.2, -0.15) is 0 Å². The first-order valence-electron chi connectivity index (χ1n) is 9.79. The molecule has 0 aromatic carbocycles. The van der Waals surface area contributed by atoms with Crippen molar-refractivity contribution in [1.82, 2.24) is 0 Å². The third-order valence-electron chi connectivity index (χ3n) is 6.84. The Morgan fingerprint density at radius 1 is 1.32 bits per heavy atom. The molecule has 3 heteroatoms. The van der Waals surface area contributed by atoms with Gasteiger partial charge in [-0.3, -0.25) is 4.79 Å². The second-order valence-corrected chi connectivity index (χ2v) is 9.02. The highest BCUT2D eigenvalue weighted by molar-refractivity contribution is 5.66. The summed E-state index contributed by atoms with van der Waals surface area (Å²) >= 11 is 0. The molecule has 3 nitrogen and oxygen atoms in total. The number of aliphatic hydroxyl groups is 1. The molecule has 1 N–H and O–H groups in total. The van der Waals surface area contributed by atoms with Crippen LogP contribution in [0.4, 0.5) is 0 Å². The number of rotatable bonds is 6. The molecular formula is C22H36O3. The summed E-state index contributed by atoms with van der Waals surface area (Å²) in [6.07, 6.45) is 11.3. The van der Waals surface area contributed by atoms with Gasteiger partial charge in [0.25, 0.3) is 0 Å². The molecule has 25 heavy (non-hydrogen) atoms. The number of carbonyl (C=O) groups is 1. The smallest absolute Gasteiger partial charge is 0.302 e. The SMILES string of the molecule is CC(=O)OCC1=CC[C@H]2C(C)(C)CCC[C@]2(C)[C@H]1CC/C(C)=C/CO. The molecule has 0 amide bonds. The Morgan fingerprint density at radius 3 is 2.68 bits per heavy atom. The van der Waals surface area contributed by atoms with Crippen LogP contribution in [0, 0.1) is 22.7 Å². The summed E-state index contributed by atoms with van der Waals surface area (Å²) in [6, 6.07) is 0. The summed E-state index contributed by atoms with van der Waals surface area (Å²) in [5, 5.41) is 9.13. The number of ether oxygens (including phenoxy) is 1. The van der Waals surface area contributed by atoms with Crippen molar-refractivity contribution in [3.05, 3.63) is 23.3 Å². The van der Waals surface area contributed by atoms with Crippen LogP contribution in [0.25, 0.3) is 0 Å². The maximum Gasteiger partial charge on any atom is 0.302 e. The fraction of sp³-hybridized carbons (Fsp3) is 0.773. The fourth-order valence-corrected chi connectivity index (χ4v) is 5.50. The van der Waals surface area contributed by atoms with E-state index in [9.17, 15) is 4.79 Å². The topological polar surface area (TPSA) is 46.5 Å². The Bertz CT molecular complexity index is 543. The van der Waals surface area contributed by atoms with Crippen molar-refractivity contribution >= 4 is 5.97 Å². The zero-order chi connectivity index (χ0) is 18.7. The molecule has 142 valence electrons. The number of fused-ring (bicyclic) bond motifs is 1. The van der Waals surface area contributed by atoms with Crippen LogP contribution in [0.1, 0.15) is 73.1 Å². The van der Waals surface area contributed by atoms with E-state index in [2.05, 4.69) is 33.8 Å². The van der Waals surface area contributed by atoms with Crippen LogP contribution >= 0.6 is 0 Å². The maximum absolute atomic E-state index is 11.3. The van der Waals surface area contributed by atoms with Gasteiger partial charge in [-0.05, 0) is 67.3 Å². The molecule has 0 radical (unpaired) electrons. The van der Waals surface area contributed by atoms with Gasteiger partial charge in [-0.25, -0.2) is 0 Å². The summed E-state index contributed by atoms with van der Waals surface area (Å²) in [5.74, 6) is 0.932. The Kier molecular flexibility index (Phi) is 6.53. The lowest BCUT2D eigenvalue weighted by Crippen LogP contribution is -2.49. The highest BCUT2D eigenvalue weighted by Gasteiger charge is 2.52. The minimum atomic E-state index is -0.202. The second kappa shape index (κ2) is 8.07. The highest BCUT2D eigenvalue weighted by Crippen LogP contribution is 2.60. The molecule has 0 aromatic rings. The van der Waals surface area contributed by atoms with Crippen molar-refractivity contribution in [1.29, 1.82) is 0 Å². The number of aliphatic hydroxyl groups excluding tert-OH is 1. The average Bonchev–Trinajstić information content (AvgIpc) is 2.50. The minimum absolute atomic E-state index is 0.111. The minimum Gasteiger partial charge on any atom is -0.461 e. The van der Waals surface area contributed by atoms with E-state index >= 15 is 0 Å². The van der Waals surface area contributed by atoms with Gasteiger partial charge in [0.15, 0.2) is 0 Å². The molecule has 0 bridgehead atoms. The van der Waals surface area contributed by atoms with Crippen molar-refractivity contribution in [3.63, 3.8) is 0 Å². The maximum atomic E-state index is 11.3. The van der Waals surface area contributed by atoms with Gasteiger partial charge in [-0.15, -0.1) is 0 Å². The Balaban J connectivity index is 2.27. The lowest BCUT2D eigenvalue weighted by molar-refractivity contribution is -0.140. The van der Waals surface area contributed by atoms with E-state index in [1.807, 2.05) is 6.08 Å². The zero-order valence-electron chi connectivity index (χ0n) is 16.7. The Hall–Kier alpha value is -1.09. The monoisotopic (exact) mass is 348 g/mol. The summed E-state index contributed by atoms with van der Waals surface area (Å²) in [5.41, 5.74) is 3.19. The van der Waals surface area contributed by atoms with Gasteiger partial charge in [0, 0.05) is 6.92 Å².